The summed E-state index contributed by atoms with van der Waals surface area (Å²) in [7, 11) is 0. The van der Waals surface area contributed by atoms with E-state index in [9.17, 15) is 45.3 Å². The SMILES string of the molecule is CC(C)CC(=O)C[C@@H](C)[C@H]1CC[C@@H]2[C@@H]3CC[C@H]4C[C@@H](O[C@@H]5OC(C(=O)O)[C@@H](O)C(O)[C@@H]5O[C@@H]5OC(CO)[C@@H](O)C(O)[C@@H]5O)CC[C@]4(C)[C@H]3CC[C@@]21C. The Hall–Kier alpha value is -1.26. The Morgan fingerprint density at radius 3 is 2.12 bits per heavy atom. The summed E-state index contributed by atoms with van der Waals surface area (Å²) >= 11 is 0. The minimum atomic E-state index is -1.90. The maximum absolute atomic E-state index is 12.8. The molecule has 4 aliphatic carbocycles. The Morgan fingerprint density at radius 1 is 0.750 bits per heavy atom. The van der Waals surface area contributed by atoms with E-state index in [0.717, 1.165) is 19.3 Å². The third-order valence-electron chi connectivity index (χ3n) is 14.8. The highest BCUT2D eigenvalue weighted by Gasteiger charge is 2.61. The zero-order chi connectivity index (χ0) is 37.9. The number of ether oxygens (including phenoxy) is 4. The maximum Gasteiger partial charge on any atom is 0.335 e. The lowest BCUT2D eigenvalue weighted by Gasteiger charge is -2.61. The number of aliphatic hydroxyl groups excluding tert-OH is 6. The molecular formula is C39H64O13. The quantitative estimate of drug-likeness (QED) is 0.152. The highest BCUT2D eigenvalue weighted by atomic mass is 16.8. The zero-order valence-corrected chi connectivity index (χ0v) is 31.5. The van der Waals surface area contributed by atoms with Crippen LogP contribution in [0.4, 0.5) is 0 Å². The molecule has 0 spiro atoms. The van der Waals surface area contributed by atoms with Gasteiger partial charge in [-0.15, -0.1) is 0 Å². The van der Waals surface area contributed by atoms with Gasteiger partial charge < -0.3 is 54.7 Å². The van der Waals surface area contributed by atoms with Crippen LogP contribution in [0.3, 0.4) is 0 Å². The van der Waals surface area contributed by atoms with E-state index in [4.69, 9.17) is 18.9 Å². The van der Waals surface area contributed by atoms with E-state index < -0.39 is 74.0 Å². The number of hydrogen-bond donors (Lipinski definition) is 7. The van der Waals surface area contributed by atoms with Crippen molar-refractivity contribution >= 4 is 11.8 Å². The average molecular weight is 741 g/mol. The molecule has 0 amide bonds. The summed E-state index contributed by atoms with van der Waals surface area (Å²) in [4.78, 5) is 24.8. The molecule has 2 heterocycles. The van der Waals surface area contributed by atoms with Crippen molar-refractivity contribution in [3.63, 3.8) is 0 Å². The number of aliphatic carboxylic acids is 1. The van der Waals surface area contributed by atoms with Gasteiger partial charge in [-0.25, -0.2) is 4.79 Å². The molecule has 52 heavy (non-hydrogen) atoms. The second-order valence-electron chi connectivity index (χ2n) is 18.3. The van der Waals surface area contributed by atoms with Crippen LogP contribution < -0.4 is 0 Å². The molecule has 13 nitrogen and oxygen atoms in total. The van der Waals surface area contributed by atoms with Gasteiger partial charge in [-0.2, -0.15) is 0 Å². The van der Waals surface area contributed by atoms with Gasteiger partial charge in [0.15, 0.2) is 18.7 Å². The third kappa shape index (κ3) is 7.37. The Balaban J connectivity index is 1.13. The van der Waals surface area contributed by atoms with E-state index >= 15 is 0 Å². The second kappa shape index (κ2) is 15.7. The van der Waals surface area contributed by atoms with Crippen molar-refractivity contribution < 1.29 is 64.3 Å². The first-order valence-electron chi connectivity index (χ1n) is 19.9. The smallest absolute Gasteiger partial charge is 0.335 e. The first-order valence-corrected chi connectivity index (χ1v) is 19.9. The summed E-state index contributed by atoms with van der Waals surface area (Å²) in [5.74, 6) is 2.51. The lowest BCUT2D eigenvalue weighted by molar-refractivity contribution is -0.369. The molecule has 13 heteroatoms. The minimum absolute atomic E-state index is 0.111. The predicted octanol–water partition coefficient (Wildman–Crippen LogP) is 2.39. The van der Waals surface area contributed by atoms with Crippen LogP contribution in [0, 0.1) is 52.3 Å². The van der Waals surface area contributed by atoms with Gasteiger partial charge in [0, 0.05) is 12.8 Å². The number of carboxylic acid groups (broad SMARTS) is 1. The van der Waals surface area contributed by atoms with Crippen LogP contribution >= 0.6 is 0 Å². The number of carbonyl (C=O) groups is 2. The standard InChI is InChI=1S/C39H64O13/c1-18(2)14-21(41)15-19(3)24-8-9-25-23-7-6-20-16-22(10-12-38(20,4)26(23)11-13-39(24,25)5)49-37-34(31(45)30(44)33(51-37)35(47)48)52-36-32(46)29(43)28(42)27(17-40)50-36/h18-20,22-34,36-37,40,42-46H,6-17H2,1-5H3,(H,47,48)/t19-,20+,22+,23+,24-,25-,26+,27?,28-,29?,30+,31?,32+,33?,34+,36+,37-,38+,39-/m1/s1. The molecule has 0 bridgehead atoms. The highest BCUT2D eigenvalue weighted by molar-refractivity contribution is 5.78. The fourth-order valence-electron chi connectivity index (χ4n) is 12.2. The Kier molecular flexibility index (Phi) is 12.2. The van der Waals surface area contributed by atoms with Crippen molar-refractivity contribution in [2.75, 3.05) is 6.61 Å². The summed E-state index contributed by atoms with van der Waals surface area (Å²) in [5, 5.41) is 72.2. The van der Waals surface area contributed by atoms with E-state index in [0.29, 0.717) is 72.9 Å². The van der Waals surface area contributed by atoms with Gasteiger partial charge in [0.2, 0.25) is 0 Å². The topological polar surface area (TPSA) is 213 Å². The summed E-state index contributed by atoms with van der Waals surface area (Å²) in [6.07, 6.45) is -6.33. The Labute approximate surface area is 307 Å². The van der Waals surface area contributed by atoms with E-state index in [1.54, 1.807) is 0 Å². The van der Waals surface area contributed by atoms with Crippen molar-refractivity contribution in [3.05, 3.63) is 0 Å². The first-order chi connectivity index (χ1) is 24.5. The number of Topliss-reactive ketones (excluding diaryl/α,β-unsaturated/α-hetero) is 1. The van der Waals surface area contributed by atoms with E-state index in [1.807, 2.05) is 0 Å². The van der Waals surface area contributed by atoms with Crippen LogP contribution in [0.5, 0.6) is 0 Å². The van der Waals surface area contributed by atoms with Crippen LogP contribution in [0.2, 0.25) is 0 Å². The van der Waals surface area contributed by atoms with Gasteiger partial charge in [0.1, 0.15) is 48.5 Å². The van der Waals surface area contributed by atoms with E-state index in [2.05, 4.69) is 34.6 Å². The molecule has 2 saturated heterocycles. The molecule has 6 rings (SSSR count). The molecule has 7 N–H and O–H groups in total. The van der Waals surface area contributed by atoms with Crippen LogP contribution in [0.25, 0.3) is 0 Å². The number of carboxylic acids is 1. The second-order valence-corrected chi connectivity index (χ2v) is 18.3. The van der Waals surface area contributed by atoms with Crippen molar-refractivity contribution in [2.45, 2.75) is 173 Å². The van der Waals surface area contributed by atoms with Crippen LogP contribution in [0.1, 0.15) is 105 Å². The van der Waals surface area contributed by atoms with Crippen molar-refractivity contribution in [3.8, 4) is 0 Å². The number of rotatable bonds is 11. The van der Waals surface area contributed by atoms with Gasteiger partial charge in [-0.1, -0.05) is 34.6 Å². The molecular weight excluding hydrogens is 676 g/mol. The number of fused-ring (bicyclic) bond motifs is 5. The lowest BCUT2D eigenvalue weighted by atomic mass is 9.44. The minimum Gasteiger partial charge on any atom is -0.479 e. The lowest BCUT2D eigenvalue weighted by Crippen LogP contribution is -2.65. The molecule has 19 atom stereocenters. The van der Waals surface area contributed by atoms with Crippen LogP contribution in [-0.4, -0.2) is 122 Å². The third-order valence-corrected chi connectivity index (χ3v) is 14.8. The summed E-state index contributed by atoms with van der Waals surface area (Å²) in [5.41, 5.74) is 0.364. The molecule has 2 aliphatic heterocycles. The number of hydrogen-bond acceptors (Lipinski definition) is 12. The van der Waals surface area contributed by atoms with Gasteiger partial charge in [0.25, 0.3) is 0 Å². The summed E-state index contributed by atoms with van der Waals surface area (Å²) in [6, 6.07) is 0. The highest BCUT2D eigenvalue weighted by Crippen LogP contribution is 2.68. The number of ketones is 1. The molecule has 6 aliphatic rings. The monoisotopic (exact) mass is 740 g/mol. The predicted molar refractivity (Wildman–Crippen MR) is 185 cm³/mol. The average Bonchev–Trinajstić information content (AvgIpc) is 3.44. The van der Waals surface area contributed by atoms with Gasteiger partial charge >= 0.3 is 5.97 Å². The Bertz CT molecular complexity index is 1260. The van der Waals surface area contributed by atoms with Gasteiger partial charge in [0.05, 0.1) is 12.7 Å². The number of aliphatic hydroxyl groups is 6. The van der Waals surface area contributed by atoms with Crippen molar-refractivity contribution in [1.82, 2.24) is 0 Å². The van der Waals surface area contributed by atoms with E-state index in [1.165, 1.54) is 25.7 Å². The van der Waals surface area contributed by atoms with Crippen LogP contribution in [0.15, 0.2) is 0 Å². The summed E-state index contributed by atoms with van der Waals surface area (Å²) in [6.45, 7) is 10.8. The molecule has 6 fully saturated rings. The van der Waals surface area contributed by atoms with Gasteiger partial charge in [-0.3, -0.25) is 4.79 Å². The van der Waals surface area contributed by atoms with Crippen LogP contribution in [-0.2, 0) is 28.5 Å². The maximum atomic E-state index is 12.8. The molecule has 0 radical (unpaired) electrons. The molecule has 0 aromatic rings. The van der Waals surface area contributed by atoms with E-state index in [-0.39, 0.29) is 16.9 Å². The fraction of sp³-hybridized carbons (Fsp3) is 0.949. The normalized spacial score (nSPS) is 49.8. The molecule has 0 aromatic heterocycles. The Morgan fingerprint density at radius 2 is 1.44 bits per heavy atom. The molecule has 4 saturated carbocycles. The van der Waals surface area contributed by atoms with Crippen molar-refractivity contribution in [1.29, 1.82) is 0 Å². The zero-order valence-electron chi connectivity index (χ0n) is 31.5. The fourth-order valence-corrected chi connectivity index (χ4v) is 12.2. The van der Waals surface area contributed by atoms with Gasteiger partial charge in [-0.05, 0) is 110 Å². The summed E-state index contributed by atoms with van der Waals surface area (Å²) < 4.78 is 23.5. The van der Waals surface area contributed by atoms with Crippen molar-refractivity contribution in [2.24, 2.45) is 52.3 Å². The molecule has 298 valence electrons. The molecule has 0 aromatic carbocycles. The number of carbonyl (C=O) groups excluding carboxylic acids is 1. The first kappa shape index (κ1) is 40.4. The molecule has 4 unspecified atom stereocenters. The largest absolute Gasteiger partial charge is 0.479 e.